The van der Waals surface area contributed by atoms with Crippen molar-refractivity contribution in [3.05, 3.63) is 70.8 Å². The summed E-state index contributed by atoms with van der Waals surface area (Å²) in [4.78, 5) is 28.1. The number of benzene rings is 2. The lowest BCUT2D eigenvalue weighted by atomic mass is 10.1. The fourth-order valence-corrected chi connectivity index (χ4v) is 3.12. The predicted molar refractivity (Wildman–Crippen MR) is 104 cm³/mol. The standard InChI is InChI=1S/C21H25N3O3/c1-23-9-11-24(12-10-23)15-17-3-2-4-19(13-17)20(25)22-14-16-5-7-18(8-6-16)21(26)27/h2-8,13H,9-12,14-15H2,1H3,(H,22,25)(H,26,27). The molecule has 1 amide bonds. The van der Waals surface area contributed by atoms with Crippen LogP contribution >= 0.6 is 0 Å². The van der Waals surface area contributed by atoms with Gasteiger partial charge in [0.1, 0.15) is 0 Å². The van der Waals surface area contributed by atoms with Crippen molar-refractivity contribution in [3.8, 4) is 0 Å². The maximum Gasteiger partial charge on any atom is 0.335 e. The highest BCUT2D eigenvalue weighted by atomic mass is 16.4. The molecular formula is C21H25N3O3. The molecule has 2 aromatic carbocycles. The van der Waals surface area contributed by atoms with Gasteiger partial charge in [0.2, 0.25) is 0 Å². The molecule has 6 heteroatoms. The van der Waals surface area contributed by atoms with Gasteiger partial charge in [-0.15, -0.1) is 0 Å². The van der Waals surface area contributed by atoms with E-state index in [0.29, 0.717) is 12.1 Å². The summed E-state index contributed by atoms with van der Waals surface area (Å²) >= 11 is 0. The maximum atomic E-state index is 12.5. The first-order valence-electron chi connectivity index (χ1n) is 9.11. The number of carbonyl (C=O) groups excluding carboxylic acids is 1. The molecule has 27 heavy (non-hydrogen) atoms. The average Bonchev–Trinajstić information content (AvgIpc) is 2.68. The highest BCUT2D eigenvalue weighted by Gasteiger charge is 2.14. The van der Waals surface area contributed by atoms with Crippen molar-refractivity contribution in [2.75, 3.05) is 33.2 Å². The van der Waals surface area contributed by atoms with E-state index in [1.165, 1.54) is 0 Å². The van der Waals surface area contributed by atoms with E-state index in [0.717, 1.165) is 43.9 Å². The van der Waals surface area contributed by atoms with Crippen LogP contribution in [0.5, 0.6) is 0 Å². The first-order valence-corrected chi connectivity index (χ1v) is 9.11. The first kappa shape index (κ1) is 19.1. The van der Waals surface area contributed by atoms with Crippen LogP contribution in [0.15, 0.2) is 48.5 Å². The van der Waals surface area contributed by atoms with Crippen LogP contribution in [0.2, 0.25) is 0 Å². The van der Waals surface area contributed by atoms with E-state index in [1.807, 2.05) is 18.2 Å². The van der Waals surface area contributed by atoms with E-state index in [2.05, 4.69) is 28.2 Å². The van der Waals surface area contributed by atoms with Crippen LogP contribution < -0.4 is 5.32 Å². The van der Waals surface area contributed by atoms with Gasteiger partial charge in [-0.3, -0.25) is 9.69 Å². The number of carboxylic acids is 1. The highest BCUT2D eigenvalue weighted by Crippen LogP contribution is 2.11. The molecule has 0 aliphatic carbocycles. The van der Waals surface area contributed by atoms with Crippen LogP contribution in [-0.4, -0.2) is 60.0 Å². The van der Waals surface area contributed by atoms with Crippen molar-refractivity contribution in [1.29, 1.82) is 0 Å². The summed E-state index contributed by atoms with van der Waals surface area (Å²) in [5, 5.41) is 11.8. The molecule has 0 spiro atoms. The molecular weight excluding hydrogens is 342 g/mol. The molecule has 0 radical (unpaired) electrons. The van der Waals surface area contributed by atoms with Crippen LogP contribution in [0.4, 0.5) is 0 Å². The van der Waals surface area contributed by atoms with Crippen LogP contribution in [0.25, 0.3) is 0 Å². The number of nitrogens with one attached hydrogen (secondary N) is 1. The Bertz CT molecular complexity index is 797. The number of hydrogen-bond acceptors (Lipinski definition) is 4. The van der Waals surface area contributed by atoms with E-state index < -0.39 is 5.97 Å². The van der Waals surface area contributed by atoms with Gasteiger partial charge in [-0.25, -0.2) is 4.79 Å². The van der Waals surface area contributed by atoms with Gasteiger partial charge in [0.05, 0.1) is 5.56 Å². The second-order valence-electron chi connectivity index (χ2n) is 6.96. The number of carboxylic acid groups (broad SMARTS) is 1. The Morgan fingerprint density at radius 2 is 1.67 bits per heavy atom. The lowest BCUT2D eigenvalue weighted by molar-refractivity contribution is 0.0696. The van der Waals surface area contributed by atoms with E-state index >= 15 is 0 Å². The summed E-state index contributed by atoms with van der Waals surface area (Å²) in [5.74, 6) is -1.08. The van der Waals surface area contributed by atoms with E-state index in [9.17, 15) is 9.59 Å². The summed E-state index contributed by atoms with van der Waals surface area (Å²) in [6.45, 7) is 5.44. The second kappa shape index (κ2) is 8.79. The van der Waals surface area contributed by atoms with Crippen LogP contribution in [0, 0.1) is 0 Å². The number of carbonyl (C=O) groups is 2. The lowest BCUT2D eigenvalue weighted by Crippen LogP contribution is -2.43. The molecule has 142 valence electrons. The Hall–Kier alpha value is -2.70. The molecule has 0 unspecified atom stereocenters. The second-order valence-corrected chi connectivity index (χ2v) is 6.96. The average molecular weight is 367 g/mol. The summed E-state index contributed by atoms with van der Waals surface area (Å²) in [7, 11) is 2.14. The van der Waals surface area contributed by atoms with Crippen molar-refractivity contribution < 1.29 is 14.7 Å². The van der Waals surface area contributed by atoms with Gasteiger partial charge in [0.25, 0.3) is 5.91 Å². The molecule has 0 aromatic heterocycles. The molecule has 2 N–H and O–H groups in total. The van der Waals surface area contributed by atoms with Gasteiger partial charge in [-0.05, 0) is 42.4 Å². The monoisotopic (exact) mass is 367 g/mol. The van der Waals surface area contributed by atoms with Gasteiger partial charge in [0, 0.05) is 44.8 Å². The maximum absolute atomic E-state index is 12.5. The van der Waals surface area contributed by atoms with Crippen LogP contribution in [0.3, 0.4) is 0 Å². The number of likely N-dealkylation sites (N-methyl/N-ethyl adjacent to an activating group) is 1. The van der Waals surface area contributed by atoms with Crippen molar-refractivity contribution >= 4 is 11.9 Å². The minimum Gasteiger partial charge on any atom is -0.478 e. The SMILES string of the molecule is CN1CCN(Cc2cccc(C(=O)NCc3ccc(C(=O)O)cc3)c2)CC1. The number of amides is 1. The topological polar surface area (TPSA) is 72.9 Å². The molecule has 3 rings (SSSR count). The van der Waals surface area contributed by atoms with Gasteiger partial charge >= 0.3 is 5.97 Å². The molecule has 1 fully saturated rings. The molecule has 6 nitrogen and oxygen atoms in total. The Morgan fingerprint density at radius 1 is 0.963 bits per heavy atom. The summed E-state index contributed by atoms with van der Waals surface area (Å²) in [5.41, 5.74) is 2.88. The largest absolute Gasteiger partial charge is 0.478 e. The predicted octanol–water partition coefficient (Wildman–Crippen LogP) is 2.06. The highest BCUT2D eigenvalue weighted by molar-refractivity contribution is 5.94. The number of piperazine rings is 1. The smallest absolute Gasteiger partial charge is 0.335 e. The molecule has 1 aliphatic heterocycles. The minimum absolute atomic E-state index is 0.127. The Morgan fingerprint density at radius 3 is 2.33 bits per heavy atom. The van der Waals surface area contributed by atoms with Crippen LogP contribution in [0.1, 0.15) is 31.8 Å². The molecule has 1 heterocycles. The third-order valence-corrected chi connectivity index (χ3v) is 4.85. The first-order chi connectivity index (χ1) is 13.0. The van der Waals surface area contributed by atoms with Crippen LogP contribution in [-0.2, 0) is 13.1 Å². The zero-order valence-corrected chi connectivity index (χ0v) is 15.5. The molecule has 0 atom stereocenters. The quantitative estimate of drug-likeness (QED) is 0.818. The van der Waals surface area contributed by atoms with Gasteiger partial charge < -0.3 is 15.3 Å². The van der Waals surface area contributed by atoms with E-state index in [-0.39, 0.29) is 11.5 Å². The molecule has 1 aliphatic rings. The Labute approximate surface area is 159 Å². The van der Waals surface area contributed by atoms with Crippen molar-refractivity contribution in [3.63, 3.8) is 0 Å². The van der Waals surface area contributed by atoms with E-state index in [1.54, 1.807) is 24.3 Å². The van der Waals surface area contributed by atoms with Gasteiger partial charge in [-0.2, -0.15) is 0 Å². The number of nitrogens with zero attached hydrogens (tertiary/aromatic N) is 2. The lowest BCUT2D eigenvalue weighted by Gasteiger charge is -2.32. The fraction of sp³-hybridized carbons (Fsp3) is 0.333. The third-order valence-electron chi connectivity index (χ3n) is 4.85. The Balaban J connectivity index is 1.56. The zero-order chi connectivity index (χ0) is 19.2. The molecule has 1 saturated heterocycles. The summed E-state index contributed by atoms with van der Waals surface area (Å²) in [6.07, 6.45) is 0. The van der Waals surface area contributed by atoms with Crippen molar-refractivity contribution in [1.82, 2.24) is 15.1 Å². The van der Waals surface area contributed by atoms with E-state index in [4.69, 9.17) is 5.11 Å². The number of aromatic carboxylic acids is 1. The number of rotatable bonds is 6. The molecule has 0 bridgehead atoms. The molecule has 2 aromatic rings. The minimum atomic E-state index is -0.956. The zero-order valence-electron chi connectivity index (χ0n) is 15.5. The third kappa shape index (κ3) is 5.39. The molecule has 0 saturated carbocycles. The van der Waals surface area contributed by atoms with Gasteiger partial charge in [0.15, 0.2) is 0 Å². The fourth-order valence-electron chi connectivity index (χ4n) is 3.12. The number of hydrogen-bond donors (Lipinski definition) is 2. The Kier molecular flexibility index (Phi) is 6.21. The van der Waals surface area contributed by atoms with Crippen molar-refractivity contribution in [2.45, 2.75) is 13.1 Å². The summed E-state index contributed by atoms with van der Waals surface area (Å²) in [6, 6.07) is 14.3. The van der Waals surface area contributed by atoms with Gasteiger partial charge in [-0.1, -0.05) is 24.3 Å². The normalized spacial score (nSPS) is 15.4. The van der Waals surface area contributed by atoms with Crippen molar-refractivity contribution in [2.24, 2.45) is 0 Å². The summed E-state index contributed by atoms with van der Waals surface area (Å²) < 4.78 is 0.